The van der Waals surface area contributed by atoms with Crippen molar-refractivity contribution in [3.8, 4) is 0 Å². The zero-order chi connectivity index (χ0) is 16.0. The summed E-state index contributed by atoms with van der Waals surface area (Å²) in [5, 5.41) is 0.0888. The van der Waals surface area contributed by atoms with Crippen molar-refractivity contribution in [2.75, 3.05) is 14.1 Å². The van der Waals surface area contributed by atoms with Gasteiger partial charge in [-0.25, -0.2) is 0 Å². The van der Waals surface area contributed by atoms with E-state index in [1.54, 1.807) is 19.0 Å². The summed E-state index contributed by atoms with van der Waals surface area (Å²) in [4.78, 5) is 14.7. The fourth-order valence-corrected chi connectivity index (χ4v) is 3.76. The number of aryl methyl sites for hydroxylation is 1. The van der Waals surface area contributed by atoms with Crippen LogP contribution in [0, 0.1) is 6.92 Å². The summed E-state index contributed by atoms with van der Waals surface area (Å²) in [5.74, 6) is 0. The van der Waals surface area contributed by atoms with E-state index in [4.69, 9.17) is 0 Å². The molecule has 0 bridgehead atoms. The lowest BCUT2D eigenvalue weighted by molar-refractivity contribution is 0.241. The van der Waals surface area contributed by atoms with Gasteiger partial charge in [0.05, 0.1) is 0 Å². The van der Waals surface area contributed by atoms with Crippen molar-refractivity contribution in [2.45, 2.75) is 63.2 Å². The molecule has 0 saturated heterocycles. The average molecular weight is 305 g/mol. The third kappa shape index (κ3) is 3.13. The van der Waals surface area contributed by atoms with Gasteiger partial charge in [-0.15, -0.1) is 0 Å². The van der Waals surface area contributed by atoms with Crippen LogP contribution in [0.4, 0.5) is 4.79 Å². The lowest BCUT2D eigenvalue weighted by Gasteiger charge is -2.42. The van der Waals surface area contributed by atoms with Gasteiger partial charge in [0.15, 0.2) is 0 Å². The quantitative estimate of drug-likeness (QED) is 0.671. The second-order valence-corrected chi connectivity index (χ2v) is 8.69. The first-order valence-electron chi connectivity index (χ1n) is 7.59. The molecule has 0 saturated carbocycles. The molecule has 2 rings (SSSR count). The molecule has 0 radical (unpaired) electrons. The Hall–Kier alpha value is -0.960. The highest BCUT2D eigenvalue weighted by atomic mass is 32.2. The molecule has 0 heterocycles. The van der Waals surface area contributed by atoms with Crippen molar-refractivity contribution in [2.24, 2.45) is 0 Å². The van der Waals surface area contributed by atoms with Gasteiger partial charge in [0.2, 0.25) is 0 Å². The van der Waals surface area contributed by atoms with Crippen molar-refractivity contribution in [1.29, 1.82) is 0 Å². The molecule has 21 heavy (non-hydrogen) atoms. The van der Waals surface area contributed by atoms with E-state index in [-0.39, 0.29) is 16.1 Å². The van der Waals surface area contributed by atoms with E-state index in [1.165, 1.54) is 41.3 Å². The van der Waals surface area contributed by atoms with Crippen molar-refractivity contribution < 1.29 is 4.79 Å². The van der Waals surface area contributed by atoms with E-state index in [1.807, 2.05) is 0 Å². The molecule has 0 fully saturated rings. The molecule has 0 aromatic heterocycles. The highest BCUT2D eigenvalue weighted by molar-refractivity contribution is 8.13. The number of rotatable bonds is 1. The van der Waals surface area contributed by atoms with Gasteiger partial charge in [0.25, 0.3) is 5.24 Å². The van der Waals surface area contributed by atoms with Gasteiger partial charge in [-0.3, -0.25) is 4.79 Å². The highest BCUT2D eigenvalue weighted by Gasteiger charge is 2.37. The Bertz CT molecular complexity index is 573. The van der Waals surface area contributed by atoms with E-state index < -0.39 is 0 Å². The molecule has 1 amide bonds. The lowest BCUT2D eigenvalue weighted by Crippen LogP contribution is -2.34. The standard InChI is InChI=1S/C18H27NOS/c1-12-10-13-14(11-15(12)21-16(20)19(6)7)18(4,5)9-8-17(13,2)3/h10-11H,8-9H2,1-7H3. The topological polar surface area (TPSA) is 20.3 Å². The maximum absolute atomic E-state index is 12.0. The lowest BCUT2D eigenvalue weighted by atomic mass is 9.63. The number of hydrogen-bond donors (Lipinski definition) is 0. The van der Waals surface area contributed by atoms with Crippen molar-refractivity contribution in [3.05, 3.63) is 28.8 Å². The van der Waals surface area contributed by atoms with Crippen LogP contribution in [0.15, 0.2) is 17.0 Å². The fraction of sp³-hybridized carbons (Fsp3) is 0.611. The van der Waals surface area contributed by atoms with Gasteiger partial charge in [0, 0.05) is 19.0 Å². The van der Waals surface area contributed by atoms with Crippen LogP contribution in [0.3, 0.4) is 0 Å². The van der Waals surface area contributed by atoms with Crippen LogP contribution in [0.25, 0.3) is 0 Å². The number of amides is 1. The third-order valence-electron chi connectivity index (χ3n) is 4.71. The summed E-state index contributed by atoms with van der Waals surface area (Å²) in [5.41, 5.74) is 4.50. The van der Waals surface area contributed by atoms with Gasteiger partial charge in [-0.1, -0.05) is 33.8 Å². The predicted molar refractivity (Wildman–Crippen MR) is 91.4 cm³/mol. The summed E-state index contributed by atoms with van der Waals surface area (Å²) < 4.78 is 0. The minimum atomic E-state index is 0.0888. The fourth-order valence-electron chi connectivity index (χ4n) is 3.00. The molecular weight excluding hydrogens is 278 g/mol. The molecule has 116 valence electrons. The zero-order valence-corrected chi connectivity index (χ0v) is 15.1. The number of carbonyl (C=O) groups excluding carboxylic acids is 1. The number of nitrogens with zero attached hydrogens (tertiary/aromatic N) is 1. The first-order chi connectivity index (χ1) is 9.54. The van der Waals surface area contributed by atoms with Gasteiger partial charge >= 0.3 is 0 Å². The van der Waals surface area contributed by atoms with Crippen LogP contribution in [0.2, 0.25) is 0 Å². The molecule has 0 N–H and O–H groups in total. The largest absolute Gasteiger partial charge is 0.339 e. The Kier molecular flexibility index (Phi) is 4.18. The molecule has 2 nitrogen and oxygen atoms in total. The summed E-state index contributed by atoms with van der Waals surface area (Å²) in [6, 6.07) is 4.57. The van der Waals surface area contributed by atoms with E-state index in [2.05, 4.69) is 46.8 Å². The second-order valence-electron chi connectivity index (χ2n) is 7.69. The Balaban J connectivity index is 2.51. The average Bonchev–Trinajstić information content (AvgIpc) is 2.36. The van der Waals surface area contributed by atoms with Crippen LogP contribution in [0.5, 0.6) is 0 Å². The number of fused-ring (bicyclic) bond motifs is 1. The number of hydrogen-bond acceptors (Lipinski definition) is 2. The Labute approximate surface area is 133 Å². The molecule has 0 unspecified atom stereocenters. The predicted octanol–water partition coefficient (Wildman–Crippen LogP) is 5.12. The molecule has 0 spiro atoms. The Morgan fingerprint density at radius 3 is 2.00 bits per heavy atom. The van der Waals surface area contributed by atoms with E-state index in [9.17, 15) is 4.79 Å². The second kappa shape index (κ2) is 5.35. The van der Waals surface area contributed by atoms with Crippen LogP contribution in [0.1, 0.15) is 57.2 Å². The van der Waals surface area contributed by atoms with Gasteiger partial charge in [-0.05, 0) is 65.1 Å². The third-order valence-corrected chi connectivity index (χ3v) is 5.91. The maximum Gasteiger partial charge on any atom is 0.285 e. The van der Waals surface area contributed by atoms with Crippen LogP contribution in [-0.2, 0) is 10.8 Å². The highest BCUT2D eigenvalue weighted by Crippen LogP contribution is 2.47. The monoisotopic (exact) mass is 305 g/mol. The molecule has 1 aromatic rings. The Morgan fingerprint density at radius 2 is 1.52 bits per heavy atom. The summed E-state index contributed by atoms with van der Waals surface area (Å²) in [7, 11) is 3.60. The number of carbonyl (C=O) groups is 1. The van der Waals surface area contributed by atoms with Crippen molar-refractivity contribution >= 4 is 17.0 Å². The van der Waals surface area contributed by atoms with Crippen LogP contribution < -0.4 is 0 Å². The summed E-state index contributed by atoms with van der Waals surface area (Å²) in [6.07, 6.45) is 2.41. The van der Waals surface area contributed by atoms with Crippen molar-refractivity contribution in [3.63, 3.8) is 0 Å². The normalized spacial score (nSPS) is 19.0. The minimum absolute atomic E-state index is 0.0888. The minimum Gasteiger partial charge on any atom is -0.339 e. The summed E-state index contributed by atoms with van der Waals surface area (Å²) >= 11 is 1.34. The smallest absolute Gasteiger partial charge is 0.285 e. The SMILES string of the molecule is Cc1cc2c(cc1SC(=O)N(C)C)C(C)(C)CCC2(C)C. The zero-order valence-electron chi connectivity index (χ0n) is 14.3. The van der Waals surface area contributed by atoms with E-state index in [0.29, 0.717) is 0 Å². The van der Waals surface area contributed by atoms with Crippen LogP contribution >= 0.6 is 11.8 Å². The molecule has 3 heteroatoms. The maximum atomic E-state index is 12.0. The summed E-state index contributed by atoms with van der Waals surface area (Å²) in [6.45, 7) is 11.4. The molecule has 1 aliphatic carbocycles. The van der Waals surface area contributed by atoms with Gasteiger partial charge in [-0.2, -0.15) is 0 Å². The van der Waals surface area contributed by atoms with Gasteiger partial charge < -0.3 is 4.90 Å². The first-order valence-corrected chi connectivity index (χ1v) is 8.41. The first kappa shape index (κ1) is 16.4. The van der Waals surface area contributed by atoms with E-state index in [0.717, 1.165) is 4.90 Å². The molecule has 0 atom stereocenters. The van der Waals surface area contributed by atoms with Crippen LogP contribution in [-0.4, -0.2) is 24.2 Å². The number of benzene rings is 1. The van der Waals surface area contributed by atoms with Gasteiger partial charge in [0.1, 0.15) is 0 Å². The number of thioether (sulfide) groups is 1. The van der Waals surface area contributed by atoms with Crippen molar-refractivity contribution in [1.82, 2.24) is 4.90 Å². The molecule has 1 aromatic carbocycles. The molecule has 1 aliphatic rings. The molecular formula is C18H27NOS. The van der Waals surface area contributed by atoms with E-state index >= 15 is 0 Å². The molecule has 0 aliphatic heterocycles. The Morgan fingerprint density at radius 1 is 1.05 bits per heavy atom.